The normalized spacial score (nSPS) is 13.0. The molecule has 1 heteroatoms. The monoisotopic (exact) mass is 114 g/mol. The molecule has 0 aromatic rings. The van der Waals surface area contributed by atoms with Crippen LogP contribution in [0, 0.1) is 0 Å². The Hall–Kier alpha value is -0.300. The lowest BCUT2D eigenvalue weighted by Crippen LogP contribution is -2.16. The Labute approximate surface area is 51.0 Å². The number of hydrogen-bond donors (Lipinski definition) is 1. The second kappa shape index (κ2) is 2.88. The zero-order valence-corrected chi connectivity index (χ0v) is 5.81. The molecule has 0 aliphatic carbocycles. The molecule has 0 heterocycles. The van der Waals surface area contributed by atoms with Crippen molar-refractivity contribution in [1.29, 1.82) is 0 Å². The summed E-state index contributed by atoms with van der Waals surface area (Å²) in [7, 11) is 0. The Morgan fingerprint density at radius 1 is 1.50 bits per heavy atom. The molecule has 0 bridgehead atoms. The molecule has 0 saturated carbocycles. The van der Waals surface area contributed by atoms with Crippen molar-refractivity contribution < 1.29 is 5.11 Å². The standard InChI is InChI=1S/C7H14O/c1-4-5-6-7(2,3)8/h4-5,8H,6H2,1-3H3/b5-4-. The molecule has 1 nitrogen and oxygen atoms in total. The van der Waals surface area contributed by atoms with E-state index in [2.05, 4.69) is 0 Å². The van der Waals surface area contributed by atoms with Crippen LogP contribution in [0.15, 0.2) is 12.2 Å². The molecule has 8 heavy (non-hydrogen) atoms. The Morgan fingerprint density at radius 3 is 2.12 bits per heavy atom. The van der Waals surface area contributed by atoms with Gasteiger partial charge in [0.15, 0.2) is 0 Å². The van der Waals surface area contributed by atoms with Crippen LogP contribution in [0.5, 0.6) is 0 Å². The van der Waals surface area contributed by atoms with Gasteiger partial charge in [-0.2, -0.15) is 0 Å². The molecule has 1 N–H and O–H groups in total. The lowest BCUT2D eigenvalue weighted by molar-refractivity contribution is 0.0839. The highest BCUT2D eigenvalue weighted by Gasteiger charge is 2.07. The molecule has 0 aliphatic heterocycles. The predicted octanol–water partition coefficient (Wildman–Crippen LogP) is 1.72. The quantitative estimate of drug-likeness (QED) is 0.542. The Bertz CT molecular complexity index is 76.9. The smallest absolute Gasteiger partial charge is 0.0626 e. The topological polar surface area (TPSA) is 20.2 Å². The van der Waals surface area contributed by atoms with Gasteiger partial charge >= 0.3 is 0 Å². The lowest BCUT2D eigenvalue weighted by Gasteiger charge is -2.12. The number of allylic oxidation sites excluding steroid dienone is 1. The molecular formula is C7H14O. The summed E-state index contributed by atoms with van der Waals surface area (Å²) in [6, 6.07) is 0. The summed E-state index contributed by atoms with van der Waals surface area (Å²) >= 11 is 0. The van der Waals surface area contributed by atoms with E-state index in [1.54, 1.807) is 13.8 Å². The van der Waals surface area contributed by atoms with Crippen molar-refractivity contribution in [3.05, 3.63) is 12.2 Å². The lowest BCUT2D eigenvalue weighted by atomic mass is 10.1. The van der Waals surface area contributed by atoms with Gasteiger partial charge in [-0.05, 0) is 27.2 Å². The maximum Gasteiger partial charge on any atom is 0.0626 e. The van der Waals surface area contributed by atoms with Crippen molar-refractivity contribution in [1.82, 2.24) is 0 Å². The van der Waals surface area contributed by atoms with E-state index in [0.29, 0.717) is 0 Å². The van der Waals surface area contributed by atoms with Crippen molar-refractivity contribution >= 4 is 0 Å². The van der Waals surface area contributed by atoms with Crippen molar-refractivity contribution in [2.24, 2.45) is 0 Å². The van der Waals surface area contributed by atoms with E-state index in [0.717, 1.165) is 6.42 Å². The van der Waals surface area contributed by atoms with Crippen LogP contribution in [-0.2, 0) is 0 Å². The largest absolute Gasteiger partial charge is 0.390 e. The van der Waals surface area contributed by atoms with Gasteiger partial charge in [-0.3, -0.25) is 0 Å². The molecule has 0 unspecified atom stereocenters. The van der Waals surface area contributed by atoms with Crippen LogP contribution in [0.1, 0.15) is 27.2 Å². The zero-order chi connectivity index (χ0) is 6.62. The second-order valence-electron chi connectivity index (χ2n) is 2.59. The van der Waals surface area contributed by atoms with Crippen LogP contribution in [0.4, 0.5) is 0 Å². The Balaban J connectivity index is 3.39. The second-order valence-corrected chi connectivity index (χ2v) is 2.59. The third-order valence-electron chi connectivity index (χ3n) is 0.853. The van der Waals surface area contributed by atoms with E-state index < -0.39 is 5.60 Å². The Kier molecular flexibility index (Phi) is 2.77. The highest BCUT2D eigenvalue weighted by atomic mass is 16.3. The molecule has 0 aromatic carbocycles. The summed E-state index contributed by atoms with van der Waals surface area (Å²) in [6.07, 6.45) is 4.64. The van der Waals surface area contributed by atoms with Gasteiger partial charge in [0.1, 0.15) is 0 Å². The molecule has 48 valence electrons. The fourth-order valence-electron chi connectivity index (χ4n) is 0.406. The minimum absolute atomic E-state index is 0.535. The van der Waals surface area contributed by atoms with E-state index in [4.69, 9.17) is 5.11 Å². The maximum absolute atomic E-state index is 9.10. The van der Waals surface area contributed by atoms with E-state index in [1.807, 2.05) is 19.1 Å². The number of rotatable bonds is 2. The van der Waals surface area contributed by atoms with Crippen LogP contribution >= 0.6 is 0 Å². The summed E-state index contributed by atoms with van der Waals surface area (Å²) in [5.74, 6) is 0. The molecular weight excluding hydrogens is 100 g/mol. The molecule has 0 radical (unpaired) electrons. The van der Waals surface area contributed by atoms with Crippen molar-refractivity contribution in [3.8, 4) is 0 Å². The fraction of sp³-hybridized carbons (Fsp3) is 0.714. The average molecular weight is 114 g/mol. The van der Waals surface area contributed by atoms with Crippen LogP contribution < -0.4 is 0 Å². The van der Waals surface area contributed by atoms with Crippen molar-refractivity contribution in [3.63, 3.8) is 0 Å². The Morgan fingerprint density at radius 2 is 2.00 bits per heavy atom. The van der Waals surface area contributed by atoms with E-state index >= 15 is 0 Å². The summed E-state index contributed by atoms with van der Waals surface area (Å²) in [5, 5.41) is 9.10. The fourth-order valence-corrected chi connectivity index (χ4v) is 0.406. The van der Waals surface area contributed by atoms with Gasteiger partial charge in [-0.25, -0.2) is 0 Å². The first-order valence-corrected chi connectivity index (χ1v) is 2.90. The van der Waals surface area contributed by atoms with Gasteiger partial charge in [0.25, 0.3) is 0 Å². The van der Waals surface area contributed by atoms with Crippen LogP contribution in [-0.4, -0.2) is 10.7 Å². The van der Waals surface area contributed by atoms with Crippen LogP contribution in [0.3, 0.4) is 0 Å². The summed E-state index contributed by atoms with van der Waals surface area (Å²) < 4.78 is 0. The zero-order valence-electron chi connectivity index (χ0n) is 5.81. The predicted molar refractivity (Wildman–Crippen MR) is 35.7 cm³/mol. The first-order chi connectivity index (χ1) is 3.56. The molecule has 0 atom stereocenters. The maximum atomic E-state index is 9.10. The van der Waals surface area contributed by atoms with E-state index in [-0.39, 0.29) is 0 Å². The van der Waals surface area contributed by atoms with Crippen molar-refractivity contribution in [2.45, 2.75) is 32.8 Å². The number of aliphatic hydroxyl groups is 1. The minimum Gasteiger partial charge on any atom is -0.390 e. The highest BCUT2D eigenvalue weighted by molar-refractivity contribution is 4.84. The van der Waals surface area contributed by atoms with Crippen molar-refractivity contribution in [2.75, 3.05) is 0 Å². The number of hydrogen-bond acceptors (Lipinski definition) is 1. The van der Waals surface area contributed by atoms with E-state index in [1.165, 1.54) is 0 Å². The molecule has 0 saturated heterocycles. The average Bonchev–Trinajstić information content (AvgIpc) is 1.59. The third-order valence-corrected chi connectivity index (χ3v) is 0.853. The van der Waals surface area contributed by atoms with Gasteiger partial charge < -0.3 is 5.11 Å². The molecule has 0 amide bonds. The molecule has 0 aliphatic rings. The first-order valence-electron chi connectivity index (χ1n) is 2.90. The van der Waals surface area contributed by atoms with Gasteiger partial charge in [-0.15, -0.1) is 0 Å². The molecule has 0 fully saturated rings. The highest BCUT2D eigenvalue weighted by Crippen LogP contribution is 2.06. The van der Waals surface area contributed by atoms with Gasteiger partial charge in [0.05, 0.1) is 5.60 Å². The van der Waals surface area contributed by atoms with Gasteiger partial charge in [0, 0.05) is 0 Å². The first kappa shape index (κ1) is 7.70. The molecule has 0 aromatic heterocycles. The summed E-state index contributed by atoms with van der Waals surface area (Å²) in [5.41, 5.74) is -0.535. The van der Waals surface area contributed by atoms with E-state index in [9.17, 15) is 0 Å². The van der Waals surface area contributed by atoms with Crippen LogP contribution in [0.2, 0.25) is 0 Å². The minimum atomic E-state index is -0.535. The SMILES string of the molecule is C/C=C\CC(C)(C)O. The van der Waals surface area contributed by atoms with Crippen LogP contribution in [0.25, 0.3) is 0 Å². The van der Waals surface area contributed by atoms with Gasteiger partial charge in [-0.1, -0.05) is 12.2 Å². The molecule has 0 spiro atoms. The summed E-state index contributed by atoms with van der Waals surface area (Å²) in [6.45, 7) is 5.55. The summed E-state index contributed by atoms with van der Waals surface area (Å²) in [4.78, 5) is 0. The third kappa shape index (κ3) is 5.70. The molecule has 0 rings (SSSR count). The van der Waals surface area contributed by atoms with Gasteiger partial charge in [0.2, 0.25) is 0 Å².